The molecule has 2 aromatic carbocycles. The van der Waals surface area contributed by atoms with Crippen molar-refractivity contribution in [1.82, 2.24) is 0 Å². The average molecular weight is 372 g/mol. The van der Waals surface area contributed by atoms with Crippen LogP contribution in [0.15, 0.2) is 42.5 Å². The van der Waals surface area contributed by atoms with Crippen LogP contribution in [0.3, 0.4) is 0 Å². The number of carbonyl (C=O) groups is 3. The molecule has 1 atom stereocenters. The Morgan fingerprint density at radius 2 is 1.88 bits per heavy atom. The number of nitrogens with one attached hydrogen (secondary N) is 1. The molecule has 0 bridgehead atoms. The van der Waals surface area contributed by atoms with Crippen LogP contribution >= 0.6 is 11.8 Å². The minimum atomic E-state index is -0.831. The lowest BCUT2D eigenvalue weighted by molar-refractivity contribution is -0.121. The molecule has 1 unspecified atom stereocenters. The predicted molar refractivity (Wildman–Crippen MR) is 98.5 cm³/mol. The van der Waals surface area contributed by atoms with E-state index in [1.54, 1.807) is 19.1 Å². The zero-order valence-electron chi connectivity index (χ0n) is 13.8. The van der Waals surface area contributed by atoms with E-state index in [1.807, 2.05) is 0 Å². The van der Waals surface area contributed by atoms with Gasteiger partial charge in [-0.05, 0) is 54.6 Å². The van der Waals surface area contributed by atoms with Crippen molar-refractivity contribution in [2.24, 2.45) is 0 Å². The van der Waals surface area contributed by atoms with E-state index in [9.17, 15) is 24.6 Å². The maximum Gasteiger partial charge on any atom is 0.293 e. The summed E-state index contributed by atoms with van der Waals surface area (Å²) in [6.45, 7) is 1.73. The molecule has 8 heteroatoms. The molecule has 3 rings (SSSR count). The van der Waals surface area contributed by atoms with E-state index in [0.29, 0.717) is 11.3 Å². The fraction of sp³-hybridized carbons (Fsp3) is 0.167. The van der Waals surface area contributed by atoms with Gasteiger partial charge in [-0.15, -0.1) is 0 Å². The van der Waals surface area contributed by atoms with E-state index in [-0.39, 0.29) is 23.6 Å². The van der Waals surface area contributed by atoms with Crippen LogP contribution in [-0.2, 0) is 9.59 Å². The largest absolute Gasteiger partial charge is 0.508 e. The molecule has 0 spiro atoms. The summed E-state index contributed by atoms with van der Waals surface area (Å²) in [5.41, 5.74) is 1.48. The lowest BCUT2D eigenvalue weighted by atomic mass is 10.1. The van der Waals surface area contributed by atoms with E-state index in [2.05, 4.69) is 5.32 Å². The van der Waals surface area contributed by atoms with Crippen molar-refractivity contribution in [3.63, 3.8) is 0 Å². The van der Waals surface area contributed by atoms with Gasteiger partial charge >= 0.3 is 0 Å². The number of rotatable bonds is 4. The summed E-state index contributed by atoms with van der Waals surface area (Å²) in [6.07, 6.45) is -0.162. The first-order chi connectivity index (χ1) is 12.3. The Hall–Kier alpha value is -3.00. The first-order valence-corrected chi connectivity index (χ1v) is 8.66. The van der Waals surface area contributed by atoms with Crippen LogP contribution in [0.2, 0.25) is 0 Å². The van der Waals surface area contributed by atoms with Crippen LogP contribution in [0.4, 0.5) is 16.2 Å². The topological polar surface area (TPSA) is 107 Å². The van der Waals surface area contributed by atoms with Gasteiger partial charge in [0, 0.05) is 18.2 Å². The normalized spacial score (nSPS) is 16.8. The molecule has 3 amide bonds. The van der Waals surface area contributed by atoms with Gasteiger partial charge in [-0.2, -0.15) is 0 Å². The number of hydrogen-bond donors (Lipinski definition) is 3. The number of phenols is 2. The second-order valence-corrected chi connectivity index (χ2v) is 6.97. The first kappa shape index (κ1) is 17.8. The number of benzene rings is 2. The molecule has 1 heterocycles. The fourth-order valence-electron chi connectivity index (χ4n) is 2.61. The molecule has 0 aromatic heterocycles. The van der Waals surface area contributed by atoms with Crippen molar-refractivity contribution >= 4 is 40.2 Å². The lowest BCUT2D eigenvalue weighted by Crippen LogP contribution is -2.32. The molecule has 0 saturated carbocycles. The summed E-state index contributed by atoms with van der Waals surface area (Å²) in [6, 6.07) is 10.4. The Bertz CT molecular complexity index is 899. The molecule has 2 aromatic rings. The van der Waals surface area contributed by atoms with Crippen molar-refractivity contribution in [1.29, 1.82) is 0 Å². The molecule has 0 aliphatic carbocycles. The van der Waals surface area contributed by atoms with Crippen LogP contribution in [-0.4, -0.2) is 32.5 Å². The highest BCUT2D eigenvalue weighted by Crippen LogP contribution is 2.34. The maximum absolute atomic E-state index is 12.5. The Balaban J connectivity index is 1.69. The lowest BCUT2D eigenvalue weighted by Gasteiger charge is -2.14. The van der Waals surface area contributed by atoms with E-state index in [4.69, 9.17) is 0 Å². The van der Waals surface area contributed by atoms with E-state index in [1.165, 1.54) is 30.3 Å². The SMILES string of the molecule is Cc1cc(O)ccc1NC(=O)CC1SC(=O)N(c2cccc(O)c2)C1=O. The van der Waals surface area contributed by atoms with Gasteiger partial charge in [-0.3, -0.25) is 14.4 Å². The Labute approximate surface area is 153 Å². The number of hydrogen-bond acceptors (Lipinski definition) is 6. The quantitative estimate of drug-likeness (QED) is 0.712. The first-order valence-electron chi connectivity index (χ1n) is 7.78. The maximum atomic E-state index is 12.5. The number of imide groups is 1. The van der Waals surface area contributed by atoms with E-state index >= 15 is 0 Å². The number of thioether (sulfide) groups is 1. The molecule has 1 fully saturated rings. The molecule has 1 saturated heterocycles. The number of carbonyl (C=O) groups excluding carboxylic acids is 3. The highest BCUT2D eigenvalue weighted by Gasteiger charge is 2.41. The second-order valence-electron chi connectivity index (χ2n) is 5.82. The minimum Gasteiger partial charge on any atom is -0.508 e. The monoisotopic (exact) mass is 372 g/mol. The van der Waals surface area contributed by atoms with Gasteiger partial charge in [0.15, 0.2) is 0 Å². The van der Waals surface area contributed by atoms with Crippen LogP contribution in [0.5, 0.6) is 11.5 Å². The van der Waals surface area contributed by atoms with Crippen LogP contribution in [0.1, 0.15) is 12.0 Å². The Kier molecular flexibility index (Phi) is 4.85. The second kappa shape index (κ2) is 7.09. The predicted octanol–water partition coefficient (Wildman–Crippen LogP) is 3.00. The smallest absolute Gasteiger partial charge is 0.293 e. The number of nitrogens with zero attached hydrogens (tertiary/aromatic N) is 1. The van der Waals surface area contributed by atoms with E-state index < -0.39 is 22.3 Å². The summed E-state index contributed by atoms with van der Waals surface area (Å²) in [4.78, 5) is 37.9. The molecule has 1 aliphatic heterocycles. The highest BCUT2D eigenvalue weighted by atomic mass is 32.2. The average Bonchev–Trinajstić information content (AvgIpc) is 2.84. The number of phenolic OH excluding ortho intramolecular Hbond substituents is 2. The fourth-order valence-corrected chi connectivity index (χ4v) is 3.60. The third-order valence-corrected chi connectivity index (χ3v) is 4.90. The summed E-state index contributed by atoms with van der Waals surface area (Å²) in [5, 5.41) is 20.3. The van der Waals surface area contributed by atoms with Crippen molar-refractivity contribution in [2.75, 3.05) is 10.2 Å². The molecule has 26 heavy (non-hydrogen) atoms. The number of anilines is 2. The van der Waals surface area contributed by atoms with Gasteiger partial charge in [0.05, 0.1) is 5.69 Å². The molecule has 3 N–H and O–H groups in total. The summed E-state index contributed by atoms with van der Waals surface area (Å²) >= 11 is 0.783. The number of aromatic hydroxyl groups is 2. The third kappa shape index (κ3) is 3.65. The van der Waals surface area contributed by atoms with Crippen molar-refractivity contribution in [3.8, 4) is 11.5 Å². The van der Waals surface area contributed by atoms with Crippen LogP contribution < -0.4 is 10.2 Å². The summed E-state index contributed by atoms with van der Waals surface area (Å²) in [7, 11) is 0. The molecule has 134 valence electrons. The molecule has 1 aliphatic rings. The molecule has 7 nitrogen and oxygen atoms in total. The van der Waals surface area contributed by atoms with Crippen molar-refractivity contribution in [3.05, 3.63) is 48.0 Å². The van der Waals surface area contributed by atoms with Gasteiger partial charge < -0.3 is 15.5 Å². The number of amides is 3. The zero-order chi connectivity index (χ0) is 18.8. The summed E-state index contributed by atoms with van der Waals surface area (Å²) in [5.74, 6) is -0.871. The highest BCUT2D eigenvalue weighted by molar-refractivity contribution is 8.15. The van der Waals surface area contributed by atoms with Gasteiger partial charge in [-0.25, -0.2) is 4.90 Å². The number of aryl methyl sites for hydroxylation is 1. The zero-order valence-corrected chi connectivity index (χ0v) is 14.6. The van der Waals surface area contributed by atoms with Gasteiger partial charge in [0.1, 0.15) is 16.7 Å². The molecular weight excluding hydrogens is 356 g/mol. The minimum absolute atomic E-state index is 0.0582. The van der Waals surface area contributed by atoms with E-state index in [0.717, 1.165) is 16.7 Å². The van der Waals surface area contributed by atoms with Crippen molar-refractivity contribution in [2.45, 2.75) is 18.6 Å². The molecular formula is C18H16N2O5S. The van der Waals surface area contributed by atoms with Crippen LogP contribution in [0, 0.1) is 6.92 Å². The Morgan fingerprint density at radius 1 is 1.15 bits per heavy atom. The van der Waals surface area contributed by atoms with Gasteiger partial charge in [0.2, 0.25) is 11.8 Å². The standard InChI is InChI=1S/C18H16N2O5S/c1-10-7-13(22)5-6-14(10)19-16(23)9-15-17(24)20(18(25)26-15)11-3-2-4-12(21)8-11/h2-8,15,21-22H,9H2,1H3,(H,19,23). The third-order valence-electron chi connectivity index (χ3n) is 3.86. The van der Waals surface area contributed by atoms with Gasteiger partial charge in [0.25, 0.3) is 5.24 Å². The van der Waals surface area contributed by atoms with Gasteiger partial charge in [-0.1, -0.05) is 6.07 Å². The Morgan fingerprint density at radius 3 is 2.58 bits per heavy atom. The van der Waals surface area contributed by atoms with Crippen molar-refractivity contribution < 1.29 is 24.6 Å². The van der Waals surface area contributed by atoms with Crippen LogP contribution in [0.25, 0.3) is 0 Å². The molecule has 0 radical (unpaired) electrons. The summed E-state index contributed by atoms with van der Waals surface area (Å²) < 4.78 is 0.